The van der Waals surface area contributed by atoms with Crippen LogP contribution in [0.15, 0.2) is 35.2 Å². The molecule has 0 saturated carbocycles. The number of benzene rings is 1. The smallest absolute Gasteiger partial charge is 0.233 e. The van der Waals surface area contributed by atoms with E-state index < -0.39 is 0 Å². The molecule has 0 aliphatic carbocycles. The zero-order chi connectivity index (χ0) is 15.4. The lowest BCUT2D eigenvalue weighted by atomic mass is 10.3. The van der Waals surface area contributed by atoms with Crippen molar-refractivity contribution in [2.75, 3.05) is 18.5 Å². The summed E-state index contributed by atoms with van der Waals surface area (Å²) in [6.07, 6.45) is 0. The van der Waals surface area contributed by atoms with Gasteiger partial charge in [-0.2, -0.15) is 0 Å². The largest absolute Gasteiger partial charge is 0.399 e. The number of hydrogen-bond acceptors (Lipinski definition) is 4. The first-order valence-electron chi connectivity index (χ1n) is 6.11. The van der Waals surface area contributed by atoms with E-state index in [0.29, 0.717) is 23.0 Å². The first-order valence-corrected chi connectivity index (χ1v) is 8.67. The highest BCUT2D eigenvalue weighted by Gasteiger charge is 2.12. The molecule has 1 aromatic carbocycles. The summed E-state index contributed by atoms with van der Waals surface area (Å²) in [6, 6.07) is 9.01. The van der Waals surface area contributed by atoms with Crippen LogP contribution >= 0.6 is 46.3 Å². The number of anilines is 1. The number of nitrogens with two attached hydrogens (primary N) is 1. The summed E-state index contributed by atoms with van der Waals surface area (Å²) < 4.78 is 0.728. The van der Waals surface area contributed by atoms with E-state index in [4.69, 9.17) is 28.9 Å². The van der Waals surface area contributed by atoms with Gasteiger partial charge in [-0.05, 0) is 30.3 Å². The van der Waals surface area contributed by atoms with E-state index in [0.717, 1.165) is 14.1 Å². The minimum Gasteiger partial charge on any atom is -0.399 e. The highest BCUT2D eigenvalue weighted by molar-refractivity contribution is 8.00. The van der Waals surface area contributed by atoms with Crippen LogP contribution in [-0.4, -0.2) is 23.6 Å². The minimum absolute atomic E-state index is 0.0306. The summed E-state index contributed by atoms with van der Waals surface area (Å²) in [7, 11) is 1.78. The lowest BCUT2D eigenvalue weighted by Crippen LogP contribution is -2.27. The predicted octanol–water partition coefficient (Wildman–Crippen LogP) is 4.39. The molecule has 0 bridgehead atoms. The summed E-state index contributed by atoms with van der Waals surface area (Å²) in [5, 5.41) is 0.606. The molecule has 7 heteroatoms. The second-order valence-electron chi connectivity index (χ2n) is 4.43. The summed E-state index contributed by atoms with van der Waals surface area (Å²) >= 11 is 14.8. The average molecular weight is 361 g/mol. The lowest BCUT2D eigenvalue weighted by molar-refractivity contribution is -0.127. The van der Waals surface area contributed by atoms with E-state index in [1.807, 2.05) is 12.1 Å². The molecular weight excluding hydrogens is 347 g/mol. The molecular formula is C14H14Cl2N2OS2. The molecule has 0 atom stereocenters. The van der Waals surface area contributed by atoms with Gasteiger partial charge in [0.05, 0.1) is 21.7 Å². The van der Waals surface area contributed by atoms with Gasteiger partial charge in [-0.1, -0.05) is 23.2 Å². The van der Waals surface area contributed by atoms with Crippen LogP contribution in [0, 0.1) is 0 Å². The molecule has 0 unspecified atom stereocenters. The molecule has 0 aliphatic heterocycles. The topological polar surface area (TPSA) is 46.3 Å². The number of thiophene rings is 1. The van der Waals surface area contributed by atoms with Crippen molar-refractivity contribution in [3.63, 3.8) is 0 Å². The number of nitrogens with zero attached hydrogens (tertiary/aromatic N) is 1. The molecule has 1 aromatic heterocycles. The van der Waals surface area contributed by atoms with Crippen molar-refractivity contribution in [2.45, 2.75) is 11.4 Å². The van der Waals surface area contributed by atoms with Gasteiger partial charge in [0, 0.05) is 22.5 Å². The van der Waals surface area contributed by atoms with Crippen molar-refractivity contribution in [2.24, 2.45) is 0 Å². The third kappa shape index (κ3) is 4.81. The van der Waals surface area contributed by atoms with Crippen molar-refractivity contribution < 1.29 is 4.79 Å². The van der Waals surface area contributed by atoms with Crippen LogP contribution in [0.25, 0.3) is 0 Å². The number of carbonyl (C=O) groups excluding carboxylic acids is 1. The normalized spacial score (nSPS) is 10.6. The van der Waals surface area contributed by atoms with Crippen molar-refractivity contribution in [1.29, 1.82) is 0 Å². The van der Waals surface area contributed by atoms with E-state index in [2.05, 4.69) is 0 Å². The summed E-state index contributed by atoms with van der Waals surface area (Å²) in [6.45, 7) is 0.557. The SMILES string of the molecule is CN(Cc1ccc(Cl)s1)C(=O)CSc1cc(N)ccc1Cl. The van der Waals surface area contributed by atoms with Crippen LogP contribution in [0.2, 0.25) is 9.36 Å². The molecule has 3 nitrogen and oxygen atoms in total. The molecule has 0 saturated heterocycles. The zero-order valence-electron chi connectivity index (χ0n) is 11.3. The Balaban J connectivity index is 1.90. The van der Waals surface area contributed by atoms with Crippen LogP contribution in [0.1, 0.15) is 4.88 Å². The molecule has 112 valence electrons. The predicted molar refractivity (Wildman–Crippen MR) is 92.4 cm³/mol. The highest BCUT2D eigenvalue weighted by atomic mass is 35.5. The Morgan fingerprint density at radius 2 is 2.10 bits per heavy atom. The number of carbonyl (C=O) groups is 1. The quantitative estimate of drug-likeness (QED) is 0.635. The van der Waals surface area contributed by atoms with Crippen LogP contribution in [-0.2, 0) is 11.3 Å². The monoisotopic (exact) mass is 360 g/mol. The third-order valence-corrected chi connectivity index (χ3v) is 5.45. The van der Waals surface area contributed by atoms with Crippen molar-refractivity contribution in [3.05, 3.63) is 44.6 Å². The van der Waals surface area contributed by atoms with E-state index in [-0.39, 0.29) is 5.91 Å². The third-order valence-electron chi connectivity index (χ3n) is 2.75. The Kier molecular flexibility index (Phi) is 5.81. The summed E-state index contributed by atoms with van der Waals surface area (Å²) in [4.78, 5) is 15.7. The Labute approximate surface area is 142 Å². The van der Waals surface area contributed by atoms with Crippen molar-refractivity contribution in [3.8, 4) is 0 Å². The fraction of sp³-hybridized carbons (Fsp3) is 0.214. The van der Waals surface area contributed by atoms with Crippen molar-refractivity contribution in [1.82, 2.24) is 4.90 Å². The number of halogens is 2. The molecule has 2 rings (SSSR count). The number of rotatable bonds is 5. The van der Waals surface area contributed by atoms with Gasteiger partial charge in [0.25, 0.3) is 0 Å². The Bertz CT molecular complexity index is 646. The average Bonchev–Trinajstić information content (AvgIpc) is 2.84. The second kappa shape index (κ2) is 7.40. The van der Waals surface area contributed by atoms with Gasteiger partial charge >= 0.3 is 0 Å². The lowest BCUT2D eigenvalue weighted by Gasteiger charge is -2.16. The number of nitrogen functional groups attached to an aromatic ring is 1. The maximum atomic E-state index is 12.1. The van der Waals surface area contributed by atoms with E-state index >= 15 is 0 Å². The van der Waals surface area contributed by atoms with Gasteiger partial charge in [0.15, 0.2) is 0 Å². The molecule has 1 heterocycles. The Morgan fingerprint density at radius 1 is 1.33 bits per heavy atom. The molecule has 2 aromatic rings. The van der Waals surface area contributed by atoms with E-state index in [9.17, 15) is 4.79 Å². The summed E-state index contributed by atoms with van der Waals surface area (Å²) in [5.74, 6) is 0.349. The number of thioether (sulfide) groups is 1. The van der Waals surface area contributed by atoms with Gasteiger partial charge in [-0.25, -0.2) is 0 Å². The molecule has 0 aliphatic rings. The molecule has 21 heavy (non-hydrogen) atoms. The fourth-order valence-corrected chi connectivity index (χ4v) is 3.99. The van der Waals surface area contributed by atoms with Crippen molar-refractivity contribution >= 4 is 57.9 Å². The molecule has 1 amide bonds. The molecule has 0 fully saturated rings. The van der Waals surface area contributed by atoms with Gasteiger partial charge < -0.3 is 10.6 Å². The van der Waals surface area contributed by atoms with Gasteiger partial charge in [-0.15, -0.1) is 23.1 Å². The number of amides is 1. The molecule has 0 radical (unpaired) electrons. The number of hydrogen-bond donors (Lipinski definition) is 1. The van der Waals surface area contributed by atoms with Crippen LogP contribution < -0.4 is 5.73 Å². The van der Waals surface area contributed by atoms with E-state index in [1.165, 1.54) is 23.1 Å². The molecule has 0 spiro atoms. The second-order valence-corrected chi connectivity index (χ2v) is 7.66. The maximum absolute atomic E-state index is 12.1. The van der Waals surface area contributed by atoms with Gasteiger partial charge in [0.2, 0.25) is 5.91 Å². The minimum atomic E-state index is 0.0306. The zero-order valence-corrected chi connectivity index (χ0v) is 14.5. The van der Waals surface area contributed by atoms with Crippen LogP contribution in [0.3, 0.4) is 0 Å². The maximum Gasteiger partial charge on any atom is 0.233 e. The molecule has 2 N–H and O–H groups in total. The highest BCUT2D eigenvalue weighted by Crippen LogP contribution is 2.29. The Morgan fingerprint density at radius 3 is 2.76 bits per heavy atom. The standard InChI is InChI=1S/C14H14Cl2N2OS2/c1-18(7-10-3-5-13(16)21-10)14(19)8-20-12-6-9(17)2-4-11(12)15/h2-6H,7-8,17H2,1H3. The van der Waals surface area contributed by atoms with Gasteiger partial charge in [-0.3, -0.25) is 4.79 Å². The Hall–Kier alpha value is -0.880. The summed E-state index contributed by atoms with van der Waals surface area (Å²) in [5.41, 5.74) is 6.35. The fourth-order valence-electron chi connectivity index (χ4n) is 1.64. The van der Waals surface area contributed by atoms with E-state index in [1.54, 1.807) is 30.1 Å². The van der Waals surface area contributed by atoms with Gasteiger partial charge in [0.1, 0.15) is 0 Å². The van der Waals surface area contributed by atoms with Crippen LogP contribution in [0.5, 0.6) is 0 Å². The first kappa shape index (κ1) is 16.5. The van der Waals surface area contributed by atoms with Crippen LogP contribution in [0.4, 0.5) is 5.69 Å². The first-order chi connectivity index (χ1) is 9.95.